The minimum atomic E-state index is -0.953. The Bertz CT molecular complexity index is 1310. The number of cyclic esters (lactones) is 1. The molecule has 222 valence electrons. The Morgan fingerprint density at radius 1 is 1.20 bits per heavy atom. The van der Waals surface area contributed by atoms with Crippen molar-refractivity contribution in [1.82, 2.24) is 4.90 Å². The van der Waals surface area contributed by atoms with Crippen molar-refractivity contribution in [2.75, 3.05) is 55.8 Å². The lowest BCUT2D eigenvalue weighted by molar-refractivity contribution is -0.142. The lowest BCUT2D eigenvalue weighted by atomic mass is 10.2. The third-order valence-electron chi connectivity index (χ3n) is 6.07. The van der Waals surface area contributed by atoms with Gasteiger partial charge in [0.1, 0.15) is 18.5 Å². The first-order chi connectivity index (χ1) is 19.2. The van der Waals surface area contributed by atoms with E-state index in [1.807, 2.05) is 0 Å². The summed E-state index contributed by atoms with van der Waals surface area (Å²) in [7, 11) is 0. The fraction of sp³-hybridized carbons (Fsp3) is 0.400. The summed E-state index contributed by atoms with van der Waals surface area (Å²) in [5, 5.41) is 0. The second kappa shape index (κ2) is 14.5. The van der Waals surface area contributed by atoms with E-state index < -0.39 is 35.8 Å². The maximum atomic E-state index is 15.1. The first kappa shape index (κ1) is 32.2. The van der Waals surface area contributed by atoms with E-state index in [-0.39, 0.29) is 81.1 Å². The zero-order chi connectivity index (χ0) is 28.8. The number of carbonyl (C=O) groups excluding carboxylic acids is 5. The smallest absolute Gasteiger partial charge is 0.414 e. The number of morpholine rings is 1. The van der Waals surface area contributed by atoms with Crippen LogP contribution in [0, 0.1) is 5.82 Å². The molecular formula is C25H27Cl2FN4O8S. The van der Waals surface area contributed by atoms with Gasteiger partial charge in [0.15, 0.2) is 0 Å². The largest absolute Gasteiger partial charge is 0.465 e. The summed E-state index contributed by atoms with van der Waals surface area (Å²) in [6.07, 6.45) is -1.81. The van der Waals surface area contributed by atoms with E-state index in [1.54, 1.807) is 0 Å². The fourth-order valence-corrected chi connectivity index (χ4v) is 5.15. The SMILES string of the molecule is Cl.NCC(=O)OCCCC(=O)N(C[C@H]1CN(c2ccc(N3CCOCC3=O)cc2F)C(=O)O1)C(=O)c1ccc(Cl)s1. The van der Waals surface area contributed by atoms with Gasteiger partial charge in [-0.2, -0.15) is 0 Å². The van der Waals surface area contributed by atoms with Crippen molar-refractivity contribution < 1.29 is 42.6 Å². The molecule has 0 saturated carbocycles. The molecule has 0 radical (unpaired) electrons. The van der Waals surface area contributed by atoms with E-state index in [2.05, 4.69) is 0 Å². The molecule has 2 aromatic rings. The van der Waals surface area contributed by atoms with Gasteiger partial charge in [-0.15, -0.1) is 23.7 Å². The van der Waals surface area contributed by atoms with Crippen LogP contribution in [0.3, 0.4) is 0 Å². The summed E-state index contributed by atoms with van der Waals surface area (Å²) in [5.41, 5.74) is 5.44. The van der Waals surface area contributed by atoms with Crippen molar-refractivity contribution in [2.24, 2.45) is 5.73 Å². The van der Waals surface area contributed by atoms with Crippen molar-refractivity contribution in [2.45, 2.75) is 18.9 Å². The number of anilines is 2. The second-order valence-electron chi connectivity index (χ2n) is 8.79. The molecule has 2 fully saturated rings. The van der Waals surface area contributed by atoms with Crippen LogP contribution in [0.1, 0.15) is 22.5 Å². The first-order valence-corrected chi connectivity index (χ1v) is 13.5. The van der Waals surface area contributed by atoms with Crippen molar-refractivity contribution >= 4 is 76.5 Å². The Morgan fingerprint density at radius 3 is 2.63 bits per heavy atom. The summed E-state index contributed by atoms with van der Waals surface area (Å²) in [6.45, 7) is -0.300. The van der Waals surface area contributed by atoms with Crippen molar-refractivity contribution in [3.63, 3.8) is 0 Å². The Kier molecular flexibility index (Phi) is 11.4. The Hall–Kier alpha value is -3.30. The van der Waals surface area contributed by atoms with E-state index in [0.717, 1.165) is 27.2 Å². The molecule has 2 aliphatic rings. The number of hydrogen-bond donors (Lipinski definition) is 1. The third-order valence-corrected chi connectivity index (χ3v) is 7.29. The van der Waals surface area contributed by atoms with E-state index in [4.69, 9.17) is 31.5 Å². The zero-order valence-corrected chi connectivity index (χ0v) is 24.0. The molecule has 2 aliphatic heterocycles. The molecule has 0 unspecified atom stereocenters. The van der Waals surface area contributed by atoms with Crippen LogP contribution in [0.4, 0.5) is 20.6 Å². The van der Waals surface area contributed by atoms with Crippen LogP contribution in [0.5, 0.6) is 0 Å². The molecule has 4 rings (SSSR count). The summed E-state index contributed by atoms with van der Waals surface area (Å²) < 4.78 is 30.8. The molecule has 0 spiro atoms. The van der Waals surface area contributed by atoms with E-state index >= 15 is 4.39 Å². The van der Waals surface area contributed by atoms with Crippen molar-refractivity contribution in [3.05, 3.63) is 45.4 Å². The monoisotopic (exact) mass is 632 g/mol. The van der Waals surface area contributed by atoms with Crippen molar-refractivity contribution in [3.8, 4) is 0 Å². The molecule has 16 heteroatoms. The number of imide groups is 1. The molecule has 2 N–H and O–H groups in total. The van der Waals surface area contributed by atoms with Gasteiger partial charge in [0.25, 0.3) is 11.8 Å². The van der Waals surface area contributed by atoms with Crippen LogP contribution in [0.2, 0.25) is 4.34 Å². The van der Waals surface area contributed by atoms with E-state index in [0.29, 0.717) is 16.6 Å². The van der Waals surface area contributed by atoms with Crippen LogP contribution in [-0.2, 0) is 28.6 Å². The molecule has 2 saturated heterocycles. The molecule has 1 aromatic heterocycles. The van der Waals surface area contributed by atoms with Crippen LogP contribution in [0.15, 0.2) is 30.3 Å². The van der Waals surface area contributed by atoms with Gasteiger partial charge in [-0.3, -0.25) is 29.0 Å². The number of hydrogen-bond acceptors (Lipinski definition) is 10. The molecule has 0 bridgehead atoms. The topological polar surface area (TPSA) is 149 Å². The van der Waals surface area contributed by atoms with Gasteiger partial charge in [-0.1, -0.05) is 11.6 Å². The van der Waals surface area contributed by atoms with Gasteiger partial charge in [0.2, 0.25) is 5.91 Å². The molecular weight excluding hydrogens is 606 g/mol. The van der Waals surface area contributed by atoms with Gasteiger partial charge < -0.3 is 24.8 Å². The minimum Gasteiger partial charge on any atom is -0.465 e. The summed E-state index contributed by atoms with van der Waals surface area (Å²) in [5.74, 6) is -2.90. The average molecular weight is 633 g/mol. The summed E-state index contributed by atoms with van der Waals surface area (Å²) in [4.78, 5) is 65.8. The van der Waals surface area contributed by atoms with Crippen LogP contribution in [0.25, 0.3) is 0 Å². The summed E-state index contributed by atoms with van der Waals surface area (Å²) in [6, 6.07) is 7.02. The fourth-order valence-electron chi connectivity index (χ4n) is 4.15. The highest BCUT2D eigenvalue weighted by Crippen LogP contribution is 2.30. The predicted octanol–water partition coefficient (Wildman–Crippen LogP) is 2.60. The third kappa shape index (κ3) is 7.92. The number of esters is 1. The number of nitrogens with two attached hydrogens (primary N) is 1. The first-order valence-electron chi connectivity index (χ1n) is 12.3. The van der Waals surface area contributed by atoms with Gasteiger partial charge in [0, 0.05) is 18.7 Å². The maximum absolute atomic E-state index is 15.1. The Labute approximate surface area is 249 Å². The number of thiophene rings is 1. The highest BCUT2D eigenvalue weighted by atomic mass is 35.5. The van der Waals surface area contributed by atoms with Crippen LogP contribution >= 0.6 is 35.3 Å². The number of amides is 4. The number of ether oxygens (including phenoxy) is 3. The molecule has 3 heterocycles. The highest BCUT2D eigenvalue weighted by molar-refractivity contribution is 7.18. The average Bonchev–Trinajstić information content (AvgIpc) is 3.54. The number of carbonyl (C=O) groups is 5. The van der Waals surface area contributed by atoms with E-state index in [9.17, 15) is 24.0 Å². The minimum absolute atomic E-state index is 0. The molecule has 41 heavy (non-hydrogen) atoms. The lowest BCUT2D eigenvalue weighted by Crippen LogP contribution is -2.43. The number of rotatable bonds is 10. The Morgan fingerprint density at radius 2 is 1.98 bits per heavy atom. The van der Waals surface area contributed by atoms with E-state index in [1.165, 1.54) is 29.2 Å². The van der Waals surface area contributed by atoms with Gasteiger partial charge in [-0.05, 0) is 36.8 Å². The number of nitrogens with zero attached hydrogens (tertiary/aromatic N) is 3. The van der Waals surface area contributed by atoms with Crippen LogP contribution < -0.4 is 15.5 Å². The van der Waals surface area contributed by atoms with Gasteiger partial charge >= 0.3 is 12.1 Å². The Balaban J connectivity index is 0.00000462. The summed E-state index contributed by atoms with van der Waals surface area (Å²) >= 11 is 6.94. The molecule has 0 aliphatic carbocycles. The number of halogens is 3. The molecule has 1 atom stereocenters. The molecule has 12 nitrogen and oxygen atoms in total. The predicted molar refractivity (Wildman–Crippen MR) is 149 cm³/mol. The van der Waals surface area contributed by atoms with Crippen molar-refractivity contribution in [1.29, 1.82) is 0 Å². The second-order valence-corrected chi connectivity index (χ2v) is 10.5. The quantitative estimate of drug-likeness (QED) is 0.308. The van der Waals surface area contributed by atoms with Crippen LogP contribution in [-0.4, -0.2) is 86.8 Å². The highest BCUT2D eigenvalue weighted by Gasteiger charge is 2.38. The zero-order valence-electron chi connectivity index (χ0n) is 21.6. The molecule has 1 aromatic carbocycles. The normalized spacial score (nSPS) is 16.7. The van der Waals surface area contributed by atoms with Gasteiger partial charge in [0.05, 0.1) is 47.7 Å². The molecule has 4 amide bonds. The maximum Gasteiger partial charge on any atom is 0.414 e. The lowest BCUT2D eigenvalue weighted by Gasteiger charge is -2.27. The number of benzene rings is 1. The standard InChI is InChI=1S/C25H26ClFN4O8S.ClH/c26-20-6-5-19(40-20)24(35)31(21(32)2-1-8-38-23(34)11-28)13-16-12-30(25(36)39-16)18-4-3-15(10-17(18)27)29-7-9-37-14-22(29)33;/h3-6,10,16H,1-2,7-9,11-14,28H2;1H/t16-;/m1./s1. The van der Waals surface area contributed by atoms with Gasteiger partial charge in [-0.25, -0.2) is 9.18 Å².